The van der Waals surface area contributed by atoms with Crippen molar-refractivity contribution >= 4 is 23.6 Å². The molecule has 0 radical (unpaired) electrons. The third-order valence-electron chi connectivity index (χ3n) is 2.39. The van der Waals surface area contributed by atoms with Crippen LogP contribution >= 0.6 is 11.8 Å². The molecule has 1 heterocycles. The fourth-order valence-corrected chi connectivity index (χ4v) is 2.22. The quantitative estimate of drug-likeness (QED) is 0.627. The number of hydrogen-bond donors (Lipinski definition) is 0. The van der Waals surface area contributed by atoms with Crippen molar-refractivity contribution < 1.29 is 27.5 Å². The summed E-state index contributed by atoms with van der Waals surface area (Å²) >= 11 is 0.754. The highest BCUT2D eigenvalue weighted by Gasteiger charge is 2.33. The lowest BCUT2D eigenvalue weighted by molar-refractivity contribution is -0.141. The van der Waals surface area contributed by atoms with Crippen LogP contribution in [0.3, 0.4) is 0 Å². The zero-order valence-electron chi connectivity index (χ0n) is 11.5. The molecule has 9 heteroatoms. The first-order valence-electron chi connectivity index (χ1n) is 5.66. The predicted molar refractivity (Wildman–Crippen MR) is 70.0 cm³/mol. The van der Waals surface area contributed by atoms with E-state index in [9.17, 15) is 22.8 Å². The van der Waals surface area contributed by atoms with Gasteiger partial charge in [-0.05, 0) is 12.1 Å². The fourth-order valence-electron chi connectivity index (χ4n) is 1.23. The van der Waals surface area contributed by atoms with E-state index < -0.39 is 17.8 Å². The Hall–Kier alpha value is -1.77. The molecule has 116 valence electrons. The molecule has 0 saturated carbocycles. The lowest BCUT2D eigenvalue weighted by Gasteiger charge is -2.12. The Morgan fingerprint density at radius 3 is 2.43 bits per heavy atom. The number of alkyl halides is 3. The van der Waals surface area contributed by atoms with Gasteiger partial charge in [-0.3, -0.25) is 4.79 Å². The van der Waals surface area contributed by atoms with Crippen molar-refractivity contribution in [2.24, 2.45) is 0 Å². The first-order valence-corrected chi connectivity index (χ1v) is 6.65. The van der Waals surface area contributed by atoms with Crippen LogP contribution in [0.5, 0.6) is 0 Å². The molecular formula is C12H13F3N2O3S. The topological polar surface area (TPSA) is 59.5 Å². The van der Waals surface area contributed by atoms with Gasteiger partial charge in [0.25, 0.3) is 0 Å². The minimum Gasteiger partial charge on any atom is -0.465 e. The summed E-state index contributed by atoms with van der Waals surface area (Å²) in [5.74, 6) is -1.25. The number of carbonyl (C=O) groups is 2. The third-order valence-corrected chi connectivity index (χ3v) is 3.36. The van der Waals surface area contributed by atoms with E-state index >= 15 is 0 Å². The van der Waals surface area contributed by atoms with E-state index in [4.69, 9.17) is 0 Å². The molecule has 1 aromatic rings. The Kier molecular flexibility index (Phi) is 5.59. The summed E-state index contributed by atoms with van der Waals surface area (Å²) in [5, 5.41) is -0.188. The zero-order valence-corrected chi connectivity index (χ0v) is 12.3. The van der Waals surface area contributed by atoms with Crippen LogP contribution in [0.4, 0.5) is 13.2 Å². The fraction of sp³-hybridized carbons (Fsp3) is 0.417. The van der Waals surface area contributed by atoms with Gasteiger partial charge in [-0.1, -0.05) is 11.8 Å². The summed E-state index contributed by atoms with van der Waals surface area (Å²) in [6.07, 6.45) is -4.63. The van der Waals surface area contributed by atoms with Crippen LogP contribution in [0, 0.1) is 0 Å². The highest BCUT2D eigenvalue weighted by Crippen LogP contribution is 2.31. The molecule has 0 fully saturated rings. The first kappa shape index (κ1) is 17.3. The summed E-state index contributed by atoms with van der Waals surface area (Å²) < 4.78 is 42.4. The molecule has 5 nitrogen and oxygen atoms in total. The minimum atomic E-state index is -4.63. The minimum absolute atomic E-state index is 0.109. The third kappa shape index (κ3) is 4.62. The van der Waals surface area contributed by atoms with Gasteiger partial charge in [-0.2, -0.15) is 13.2 Å². The Labute approximate surface area is 123 Å². The molecule has 0 unspecified atom stereocenters. The number of thioether (sulfide) groups is 1. The summed E-state index contributed by atoms with van der Waals surface area (Å²) in [6.45, 7) is 0. The van der Waals surface area contributed by atoms with Crippen molar-refractivity contribution in [2.75, 3.05) is 27.0 Å². The summed E-state index contributed by atoms with van der Waals surface area (Å²) in [6, 6.07) is 1.69. The van der Waals surface area contributed by atoms with E-state index in [0.717, 1.165) is 24.9 Å². The Bertz CT molecular complexity index is 547. The number of halogens is 3. The van der Waals surface area contributed by atoms with Gasteiger partial charge in [0.1, 0.15) is 10.7 Å². The SMILES string of the molecule is COC(=O)c1ccc(C(F)(F)F)nc1SCC(=O)N(C)C. The van der Waals surface area contributed by atoms with E-state index in [0.29, 0.717) is 6.07 Å². The summed E-state index contributed by atoms with van der Waals surface area (Å²) in [4.78, 5) is 27.7. The molecule has 0 aromatic carbocycles. The van der Waals surface area contributed by atoms with Crippen LogP contribution in [0.2, 0.25) is 0 Å². The Morgan fingerprint density at radius 2 is 1.95 bits per heavy atom. The molecule has 1 aromatic heterocycles. The molecule has 0 aliphatic carbocycles. The van der Waals surface area contributed by atoms with Gasteiger partial charge in [-0.15, -0.1) is 0 Å². The van der Waals surface area contributed by atoms with Gasteiger partial charge in [0.2, 0.25) is 5.91 Å². The summed E-state index contributed by atoms with van der Waals surface area (Å²) in [7, 11) is 4.15. The predicted octanol–water partition coefficient (Wildman–Crippen LogP) is 2.07. The van der Waals surface area contributed by atoms with Crippen LogP contribution in [0.1, 0.15) is 16.1 Å². The highest BCUT2D eigenvalue weighted by atomic mass is 32.2. The second kappa shape index (κ2) is 6.79. The van der Waals surface area contributed by atoms with Crippen molar-refractivity contribution in [2.45, 2.75) is 11.2 Å². The number of esters is 1. The van der Waals surface area contributed by atoms with Gasteiger partial charge >= 0.3 is 12.1 Å². The number of pyridine rings is 1. The number of methoxy groups -OCH3 is 1. The molecule has 0 saturated heterocycles. The molecule has 0 atom stereocenters. The van der Waals surface area contributed by atoms with Gasteiger partial charge in [0, 0.05) is 14.1 Å². The molecule has 0 aliphatic rings. The molecule has 0 aliphatic heterocycles. The number of carbonyl (C=O) groups excluding carboxylic acids is 2. The van der Waals surface area contributed by atoms with E-state index in [1.54, 1.807) is 0 Å². The molecule has 1 amide bonds. The normalized spacial score (nSPS) is 11.1. The average Bonchev–Trinajstić information content (AvgIpc) is 2.42. The Morgan fingerprint density at radius 1 is 1.33 bits per heavy atom. The van der Waals surface area contributed by atoms with Crippen molar-refractivity contribution in [1.82, 2.24) is 9.88 Å². The van der Waals surface area contributed by atoms with E-state index in [1.807, 2.05) is 0 Å². The van der Waals surface area contributed by atoms with Crippen molar-refractivity contribution in [1.29, 1.82) is 0 Å². The van der Waals surface area contributed by atoms with E-state index in [1.165, 1.54) is 19.0 Å². The molecule has 0 N–H and O–H groups in total. The number of hydrogen-bond acceptors (Lipinski definition) is 5. The molecular weight excluding hydrogens is 309 g/mol. The first-order chi connectivity index (χ1) is 9.66. The van der Waals surface area contributed by atoms with Crippen molar-refractivity contribution in [3.63, 3.8) is 0 Å². The summed E-state index contributed by atoms with van der Waals surface area (Å²) in [5.41, 5.74) is -1.24. The maximum absolute atomic E-state index is 12.6. The van der Waals surface area contributed by atoms with Crippen LogP contribution in [0.25, 0.3) is 0 Å². The number of ether oxygens (including phenoxy) is 1. The van der Waals surface area contributed by atoms with Crippen molar-refractivity contribution in [3.05, 3.63) is 23.4 Å². The highest BCUT2D eigenvalue weighted by molar-refractivity contribution is 8.00. The number of aromatic nitrogens is 1. The standard InChI is InChI=1S/C12H13F3N2O3S/c1-17(2)9(18)6-21-10-7(11(19)20-3)4-5-8(16-10)12(13,14)15/h4-5H,6H2,1-3H3. The second-order valence-corrected chi connectivity index (χ2v) is 5.08. The lowest BCUT2D eigenvalue weighted by Crippen LogP contribution is -2.23. The molecule has 1 rings (SSSR count). The van der Waals surface area contributed by atoms with Crippen molar-refractivity contribution in [3.8, 4) is 0 Å². The van der Waals surface area contributed by atoms with E-state index in [-0.39, 0.29) is 22.2 Å². The smallest absolute Gasteiger partial charge is 0.433 e. The van der Waals surface area contributed by atoms with Crippen LogP contribution in [0.15, 0.2) is 17.2 Å². The van der Waals surface area contributed by atoms with Crippen LogP contribution in [-0.2, 0) is 15.7 Å². The maximum atomic E-state index is 12.6. The van der Waals surface area contributed by atoms with Crippen LogP contribution in [-0.4, -0.2) is 48.7 Å². The maximum Gasteiger partial charge on any atom is 0.433 e. The largest absolute Gasteiger partial charge is 0.465 e. The van der Waals surface area contributed by atoms with E-state index in [2.05, 4.69) is 9.72 Å². The number of rotatable bonds is 4. The van der Waals surface area contributed by atoms with Gasteiger partial charge < -0.3 is 9.64 Å². The monoisotopic (exact) mass is 322 g/mol. The lowest BCUT2D eigenvalue weighted by atomic mass is 10.2. The number of amides is 1. The second-order valence-electron chi connectivity index (χ2n) is 4.12. The molecule has 0 bridgehead atoms. The van der Waals surface area contributed by atoms with Gasteiger partial charge in [0.15, 0.2) is 0 Å². The molecule has 21 heavy (non-hydrogen) atoms. The van der Waals surface area contributed by atoms with Gasteiger partial charge in [0.05, 0.1) is 18.4 Å². The van der Waals surface area contributed by atoms with Crippen LogP contribution < -0.4 is 0 Å². The average molecular weight is 322 g/mol. The number of nitrogens with zero attached hydrogens (tertiary/aromatic N) is 2. The zero-order chi connectivity index (χ0) is 16.2. The van der Waals surface area contributed by atoms with Gasteiger partial charge in [-0.25, -0.2) is 9.78 Å². The molecule has 0 spiro atoms. The Balaban J connectivity index is 3.11.